The second kappa shape index (κ2) is 5.61. The SMILES string of the molecule is CCn1c(CC(O)c2ncc(C)cn2)nc2ccccc21. The topological polar surface area (TPSA) is 63.8 Å². The van der Waals surface area contributed by atoms with Gasteiger partial charge in [0.2, 0.25) is 0 Å². The van der Waals surface area contributed by atoms with Crippen LogP contribution in [-0.2, 0) is 13.0 Å². The minimum Gasteiger partial charge on any atom is -0.385 e. The summed E-state index contributed by atoms with van der Waals surface area (Å²) in [4.78, 5) is 13.0. The number of aliphatic hydroxyl groups is 1. The summed E-state index contributed by atoms with van der Waals surface area (Å²) in [7, 11) is 0. The van der Waals surface area contributed by atoms with Crippen LogP contribution in [0.4, 0.5) is 0 Å². The quantitative estimate of drug-likeness (QED) is 0.798. The van der Waals surface area contributed by atoms with Gasteiger partial charge in [0.05, 0.1) is 11.0 Å². The largest absolute Gasteiger partial charge is 0.385 e. The molecule has 2 aromatic heterocycles. The summed E-state index contributed by atoms with van der Waals surface area (Å²) in [5.74, 6) is 1.30. The fraction of sp³-hybridized carbons (Fsp3) is 0.312. The highest BCUT2D eigenvalue weighted by Crippen LogP contribution is 2.20. The summed E-state index contributed by atoms with van der Waals surface area (Å²) >= 11 is 0. The monoisotopic (exact) mass is 282 g/mol. The van der Waals surface area contributed by atoms with Crippen LogP contribution in [0.2, 0.25) is 0 Å². The maximum absolute atomic E-state index is 10.3. The molecule has 21 heavy (non-hydrogen) atoms. The molecule has 108 valence electrons. The van der Waals surface area contributed by atoms with Gasteiger partial charge in [-0.1, -0.05) is 12.1 Å². The normalized spacial score (nSPS) is 12.7. The van der Waals surface area contributed by atoms with Gasteiger partial charge in [0.1, 0.15) is 11.9 Å². The molecule has 1 unspecified atom stereocenters. The molecule has 2 heterocycles. The highest BCUT2D eigenvalue weighted by molar-refractivity contribution is 5.75. The summed E-state index contributed by atoms with van der Waals surface area (Å²) in [6.45, 7) is 4.82. The molecule has 0 bridgehead atoms. The van der Waals surface area contributed by atoms with Crippen LogP contribution in [0.25, 0.3) is 11.0 Å². The maximum Gasteiger partial charge on any atom is 0.157 e. The first kappa shape index (κ1) is 13.7. The zero-order valence-electron chi connectivity index (χ0n) is 12.2. The summed E-state index contributed by atoms with van der Waals surface area (Å²) in [6, 6.07) is 8.00. The lowest BCUT2D eigenvalue weighted by atomic mass is 10.2. The number of fused-ring (bicyclic) bond motifs is 1. The van der Waals surface area contributed by atoms with Gasteiger partial charge in [-0.15, -0.1) is 0 Å². The van der Waals surface area contributed by atoms with Gasteiger partial charge in [0.25, 0.3) is 0 Å². The zero-order chi connectivity index (χ0) is 14.8. The summed E-state index contributed by atoms with van der Waals surface area (Å²) in [5, 5.41) is 10.3. The molecule has 5 heteroatoms. The molecule has 0 saturated heterocycles. The number of aliphatic hydroxyl groups excluding tert-OH is 1. The van der Waals surface area contributed by atoms with Crippen molar-refractivity contribution >= 4 is 11.0 Å². The van der Waals surface area contributed by atoms with E-state index >= 15 is 0 Å². The van der Waals surface area contributed by atoms with Gasteiger partial charge in [0.15, 0.2) is 5.82 Å². The molecule has 0 amide bonds. The Morgan fingerprint density at radius 2 is 1.90 bits per heavy atom. The first-order valence-corrected chi connectivity index (χ1v) is 7.09. The number of hydrogen-bond acceptors (Lipinski definition) is 4. The third-order valence-corrected chi connectivity index (χ3v) is 3.52. The van der Waals surface area contributed by atoms with Crippen LogP contribution in [0, 0.1) is 6.92 Å². The van der Waals surface area contributed by atoms with Gasteiger partial charge in [-0.05, 0) is 31.5 Å². The van der Waals surface area contributed by atoms with Crippen molar-refractivity contribution in [3.63, 3.8) is 0 Å². The molecule has 3 aromatic rings. The second-order valence-electron chi connectivity index (χ2n) is 5.10. The number of aromatic nitrogens is 4. The molecule has 3 rings (SSSR count). The van der Waals surface area contributed by atoms with E-state index in [9.17, 15) is 5.11 Å². The van der Waals surface area contributed by atoms with E-state index in [4.69, 9.17) is 0 Å². The Labute approximate surface area is 123 Å². The standard InChI is InChI=1S/C16H18N4O/c1-3-20-13-7-5-4-6-12(13)19-15(20)8-14(21)16-17-9-11(2)10-18-16/h4-7,9-10,14,21H,3,8H2,1-2H3. The molecular formula is C16H18N4O. The van der Waals surface area contributed by atoms with Gasteiger partial charge in [-0.25, -0.2) is 15.0 Å². The van der Waals surface area contributed by atoms with E-state index in [0.717, 1.165) is 29.0 Å². The number of nitrogens with zero attached hydrogens (tertiary/aromatic N) is 4. The number of hydrogen-bond donors (Lipinski definition) is 1. The van der Waals surface area contributed by atoms with Gasteiger partial charge in [-0.2, -0.15) is 0 Å². The first-order chi connectivity index (χ1) is 10.2. The first-order valence-electron chi connectivity index (χ1n) is 7.09. The number of para-hydroxylation sites is 2. The molecule has 1 aromatic carbocycles. The van der Waals surface area contributed by atoms with E-state index in [2.05, 4.69) is 26.4 Å². The highest BCUT2D eigenvalue weighted by atomic mass is 16.3. The van der Waals surface area contributed by atoms with Crippen molar-refractivity contribution in [1.82, 2.24) is 19.5 Å². The van der Waals surface area contributed by atoms with E-state index in [1.165, 1.54) is 0 Å². The Balaban J connectivity index is 1.92. The Bertz CT molecular complexity index is 749. The van der Waals surface area contributed by atoms with Gasteiger partial charge in [-0.3, -0.25) is 0 Å². The zero-order valence-corrected chi connectivity index (χ0v) is 12.2. The molecule has 1 N–H and O–H groups in total. The van der Waals surface area contributed by atoms with E-state index in [1.807, 2.05) is 31.2 Å². The molecule has 0 radical (unpaired) electrons. The third kappa shape index (κ3) is 2.64. The summed E-state index contributed by atoms with van der Waals surface area (Å²) in [6.07, 6.45) is 3.10. The van der Waals surface area contributed by atoms with Gasteiger partial charge < -0.3 is 9.67 Å². The van der Waals surface area contributed by atoms with Crippen LogP contribution < -0.4 is 0 Å². The molecule has 0 spiro atoms. The Kier molecular flexibility index (Phi) is 3.66. The van der Waals surface area contributed by atoms with Crippen LogP contribution in [0.3, 0.4) is 0 Å². The molecule has 0 aliphatic carbocycles. The average molecular weight is 282 g/mol. The number of aryl methyl sites for hydroxylation is 2. The van der Waals surface area contributed by atoms with E-state index < -0.39 is 6.10 Å². The van der Waals surface area contributed by atoms with Crippen molar-refractivity contribution in [2.45, 2.75) is 32.9 Å². The number of benzene rings is 1. The molecule has 0 aliphatic heterocycles. The van der Waals surface area contributed by atoms with Crippen LogP contribution in [0.5, 0.6) is 0 Å². The average Bonchev–Trinajstić information content (AvgIpc) is 2.84. The predicted molar refractivity (Wildman–Crippen MR) is 80.8 cm³/mol. The summed E-state index contributed by atoms with van der Waals surface area (Å²) < 4.78 is 2.12. The van der Waals surface area contributed by atoms with Gasteiger partial charge >= 0.3 is 0 Å². The number of rotatable bonds is 4. The lowest BCUT2D eigenvalue weighted by Crippen LogP contribution is -2.11. The fourth-order valence-electron chi connectivity index (χ4n) is 2.47. The molecule has 0 fully saturated rings. The minimum absolute atomic E-state index is 0.408. The van der Waals surface area contributed by atoms with Crippen molar-refractivity contribution in [2.24, 2.45) is 0 Å². The summed E-state index contributed by atoms with van der Waals surface area (Å²) in [5.41, 5.74) is 3.02. The Morgan fingerprint density at radius 1 is 1.19 bits per heavy atom. The molecule has 0 saturated carbocycles. The van der Waals surface area contributed by atoms with E-state index in [-0.39, 0.29) is 0 Å². The van der Waals surface area contributed by atoms with Crippen molar-refractivity contribution in [3.05, 3.63) is 53.9 Å². The third-order valence-electron chi connectivity index (χ3n) is 3.52. The Morgan fingerprint density at radius 3 is 2.62 bits per heavy atom. The van der Waals surface area contributed by atoms with Crippen LogP contribution in [0.15, 0.2) is 36.7 Å². The Hall–Kier alpha value is -2.27. The molecule has 1 atom stereocenters. The fourth-order valence-corrected chi connectivity index (χ4v) is 2.47. The van der Waals surface area contributed by atoms with Gasteiger partial charge in [0, 0.05) is 25.4 Å². The predicted octanol–water partition coefficient (Wildman–Crippen LogP) is 2.43. The minimum atomic E-state index is -0.743. The van der Waals surface area contributed by atoms with Crippen molar-refractivity contribution < 1.29 is 5.11 Å². The lowest BCUT2D eigenvalue weighted by Gasteiger charge is -2.10. The maximum atomic E-state index is 10.3. The van der Waals surface area contributed by atoms with Crippen LogP contribution in [-0.4, -0.2) is 24.6 Å². The van der Waals surface area contributed by atoms with Crippen molar-refractivity contribution in [3.8, 4) is 0 Å². The lowest BCUT2D eigenvalue weighted by molar-refractivity contribution is 0.164. The van der Waals surface area contributed by atoms with E-state index in [0.29, 0.717) is 12.2 Å². The molecule has 5 nitrogen and oxygen atoms in total. The van der Waals surface area contributed by atoms with Crippen molar-refractivity contribution in [1.29, 1.82) is 0 Å². The van der Waals surface area contributed by atoms with E-state index in [1.54, 1.807) is 12.4 Å². The van der Waals surface area contributed by atoms with Crippen LogP contribution >= 0.6 is 0 Å². The highest BCUT2D eigenvalue weighted by Gasteiger charge is 2.16. The molecule has 0 aliphatic rings. The van der Waals surface area contributed by atoms with Crippen molar-refractivity contribution in [2.75, 3.05) is 0 Å². The smallest absolute Gasteiger partial charge is 0.157 e. The second-order valence-corrected chi connectivity index (χ2v) is 5.10. The number of imidazole rings is 1. The van der Waals surface area contributed by atoms with Crippen LogP contribution in [0.1, 0.15) is 30.2 Å². The molecular weight excluding hydrogens is 264 g/mol.